The number of rotatable bonds is 21. The Kier molecular flexibility index (Phi) is 15.3. The largest absolute Gasteiger partial charge is 0.361 e. The summed E-state index contributed by atoms with van der Waals surface area (Å²) < 4.78 is 0. The number of hydrogen-bond donors (Lipinski definition) is 7. The highest BCUT2D eigenvalue weighted by Gasteiger charge is 2.28. The van der Waals surface area contributed by atoms with E-state index in [0.29, 0.717) is 37.1 Å². The molecule has 0 aliphatic rings. The standard InChI is InChI=1S/C40H50N10O5S/c41-33(10-6-16-45-40(42)55)39(54)49(19-14-30-23-47-35-12-4-2-9-32(30)35)26-38(53)50(24-28-7-5-15-43-21-28)27-37(52)48(25-36(51)44-17-20-56)18-13-29-22-46-34-11-3-1-8-31(29)34/h1-5,7-9,11-12,15,21-23,33,46-47,56H,6,10,13-14,16-20,24-27,41H2,(H,44,51)(H3,42,45,55). The number of carbonyl (C=O) groups excluding carboxylic acids is 5. The van der Waals surface area contributed by atoms with Gasteiger partial charge in [-0.3, -0.25) is 24.2 Å². The smallest absolute Gasteiger partial charge is 0.312 e. The first-order chi connectivity index (χ1) is 27.1. The van der Waals surface area contributed by atoms with E-state index in [-0.39, 0.29) is 58.1 Å². The maximum Gasteiger partial charge on any atom is 0.312 e. The maximum atomic E-state index is 14.3. The number of primary amides is 1. The Bertz CT molecular complexity index is 2090. The lowest BCUT2D eigenvalue weighted by molar-refractivity contribution is -0.145. The summed E-state index contributed by atoms with van der Waals surface area (Å²) in [6, 6.07) is 17.6. The number of hydrogen-bond acceptors (Lipinski definition) is 8. The van der Waals surface area contributed by atoms with E-state index in [1.807, 2.05) is 60.9 Å². The molecule has 0 aliphatic carbocycles. The minimum atomic E-state index is -0.954. The Balaban J connectivity index is 1.36. The number of carbonyl (C=O) groups is 5. The first-order valence-electron chi connectivity index (χ1n) is 18.6. The number of urea groups is 1. The van der Waals surface area contributed by atoms with Crippen molar-refractivity contribution in [2.24, 2.45) is 11.5 Å². The number of amides is 6. The number of para-hydroxylation sites is 2. The third kappa shape index (κ3) is 11.8. The van der Waals surface area contributed by atoms with Gasteiger partial charge in [-0.2, -0.15) is 12.6 Å². The van der Waals surface area contributed by atoms with Crippen molar-refractivity contribution in [2.45, 2.75) is 38.3 Å². The molecule has 0 aliphatic heterocycles. The van der Waals surface area contributed by atoms with Crippen LogP contribution in [0.4, 0.5) is 4.79 Å². The van der Waals surface area contributed by atoms with E-state index in [1.54, 1.807) is 24.5 Å². The SMILES string of the molecule is NC(=O)NCCCC(N)C(=O)N(CCc1c[nH]c2ccccc12)CC(=O)N(CC(=O)N(CCc1c[nH]c2ccccc12)CC(=O)NCCS)Cc1cccnc1. The van der Waals surface area contributed by atoms with E-state index >= 15 is 0 Å². The molecule has 3 heterocycles. The number of aromatic nitrogens is 3. The zero-order valence-electron chi connectivity index (χ0n) is 31.3. The molecule has 56 heavy (non-hydrogen) atoms. The zero-order chi connectivity index (χ0) is 39.9. The number of pyridine rings is 1. The molecule has 8 N–H and O–H groups in total. The van der Waals surface area contributed by atoms with Crippen molar-refractivity contribution >= 4 is 64.1 Å². The van der Waals surface area contributed by atoms with Gasteiger partial charge in [-0.15, -0.1) is 0 Å². The van der Waals surface area contributed by atoms with E-state index < -0.39 is 29.8 Å². The van der Waals surface area contributed by atoms with Crippen molar-refractivity contribution in [1.29, 1.82) is 0 Å². The first kappa shape index (κ1) is 41.3. The predicted molar refractivity (Wildman–Crippen MR) is 218 cm³/mol. The molecule has 15 nitrogen and oxygen atoms in total. The summed E-state index contributed by atoms with van der Waals surface area (Å²) in [5.41, 5.74) is 16.1. The second-order valence-corrected chi connectivity index (χ2v) is 14.0. The van der Waals surface area contributed by atoms with Gasteiger partial charge in [-0.1, -0.05) is 42.5 Å². The van der Waals surface area contributed by atoms with Gasteiger partial charge in [0.05, 0.1) is 19.1 Å². The van der Waals surface area contributed by atoms with Crippen molar-refractivity contribution in [3.63, 3.8) is 0 Å². The number of H-pyrrole nitrogens is 2. The lowest BCUT2D eigenvalue weighted by Crippen LogP contribution is -2.51. The maximum absolute atomic E-state index is 14.3. The van der Waals surface area contributed by atoms with Crippen molar-refractivity contribution in [3.05, 3.63) is 102 Å². The highest BCUT2D eigenvalue weighted by Crippen LogP contribution is 2.20. The number of benzene rings is 2. The third-order valence-corrected chi connectivity index (χ3v) is 9.72. The summed E-state index contributed by atoms with van der Waals surface area (Å²) in [4.78, 5) is 81.5. The first-order valence-corrected chi connectivity index (χ1v) is 19.3. The van der Waals surface area contributed by atoms with Crippen LogP contribution in [-0.4, -0.2) is 117 Å². The Morgan fingerprint density at radius 2 is 1.36 bits per heavy atom. The van der Waals surface area contributed by atoms with Crippen LogP contribution in [0.1, 0.15) is 29.5 Å². The van der Waals surface area contributed by atoms with E-state index in [9.17, 15) is 24.0 Å². The van der Waals surface area contributed by atoms with Crippen molar-refractivity contribution in [2.75, 3.05) is 51.6 Å². The second-order valence-electron chi connectivity index (χ2n) is 13.5. The summed E-state index contributed by atoms with van der Waals surface area (Å²) in [5, 5.41) is 7.30. The van der Waals surface area contributed by atoms with Crippen LogP contribution < -0.4 is 22.1 Å². The Morgan fingerprint density at radius 3 is 1.96 bits per heavy atom. The van der Waals surface area contributed by atoms with Gasteiger partial charge in [0.25, 0.3) is 0 Å². The minimum absolute atomic E-state index is 0.0376. The van der Waals surface area contributed by atoms with Gasteiger partial charge in [-0.25, -0.2) is 4.79 Å². The van der Waals surface area contributed by atoms with E-state index in [2.05, 4.69) is 38.2 Å². The van der Waals surface area contributed by atoms with Gasteiger partial charge in [0, 0.05) is 85.1 Å². The lowest BCUT2D eigenvalue weighted by Gasteiger charge is -2.31. The van der Waals surface area contributed by atoms with Crippen LogP contribution in [0, 0.1) is 0 Å². The van der Waals surface area contributed by atoms with Crippen LogP contribution in [-0.2, 0) is 38.6 Å². The van der Waals surface area contributed by atoms with Crippen LogP contribution >= 0.6 is 12.6 Å². The average molecular weight is 783 g/mol. The van der Waals surface area contributed by atoms with Gasteiger partial charge < -0.3 is 46.8 Å². The molecule has 0 spiro atoms. The zero-order valence-corrected chi connectivity index (χ0v) is 32.2. The fourth-order valence-electron chi connectivity index (χ4n) is 6.53. The molecule has 5 aromatic rings. The van der Waals surface area contributed by atoms with Crippen molar-refractivity contribution in [1.82, 2.24) is 40.3 Å². The highest BCUT2D eigenvalue weighted by atomic mass is 32.1. The fourth-order valence-corrected chi connectivity index (χ4v) is 6.65. The monoisotopic (exact) mass is 782 g/mol. The predicted octanol–water partition coefficient (Wildman–Crippen LogP) is 2.34. The summed E-state index contributed by atoms with van der Waals surface area (Å²) in [6.45, 7) is 0.110. The molecule has 0 saturated heterocycles. The molecule has 0 fully saturated rings. The summed E-state index contributed by atoms with van der Waals surface area (Å²) >= 11 is 4.18. The normalized spacial score (nSPS) is 11.6. The van der Waals surface area contributed by atoms with Gasteiger partial charge in [-0.05, 0) is 60.6 Å². The summed E-state index contributed by atoms with van der Waals surface area (Å²) in [7, 11) is 0. The molecule has 6 amide bonds. The van der Waals surface area contributed by atoms with Crippen LogP contribution in [0.5, 0.6) is 0 Å². The molecule has 0 radical (unpaired) electrons. The molecule has 1 atom stereocenters. The molecule has 5 rings (SSSR count). The van der Waals surface area contributed by atoms with Crippen molar-refractivity contribution in [3.8, 4) is 0 Å². The van der Waals surface area contributed by atoms with Gasteiger partial charge in [0.15, 0.2) is 0 Å². The van der Waals surface area contributed by atoms with Crippen LogP contribution in [0.3, 0.4) is 0 Å². The molecule has 16 heteroatoms. The van der Waals surface area contributed by atoms with E-state index in [4.69, 9.17) is 11.5 Å². The fraction of sp³-hybridized carbons (Fsp3) is 0.350. The van der Waals surface area contributed by atoms with E-state index in [1.165, 1.54) is 14.7 Å². The minimum Gasteiger partial charge on any atom is -0.361 e. The van der Waals surface area contributed by atoms with Gasteiger partial charge in [0.1, 0.15) is 6.54 Å². The number of aromatic amines is 2. The molecular weight excluding hydrogens is 733 g/mol. The number of fused-ring (bicyclic) bond motifs is 2. The molecule has 1 unspecified atom stereocenters. The van der Waals surface area contributed by atoms with Crippen LogP contribution in [0.25, 0.3) is 21.8 Å². The van der Waals surface area contributed by atoms with E-state index in [0.717, 1.165) is 32.9 Å². The Labute approximate surface area is 331 Å². The number of nitrogens with zero attached hydrogens (tertiary/aromatic N) is 4. The molecule has 2 aromatic carbocycles. The Hall–Kier alpha value is -5.87. The van der Waals surface area contributed by atoms with Crippen LogP contribution in [0.2, 0.25) is 0 Å². The molecule has 0 bridgehead atoms. The molecule has 0 saturated carbocycles. The summed E-state index contributed by atoms with van der Waals surface area (Å²) in [5.74, 6) is -1.26. The van der Waals surface area contributed by atoms with Crippen molar-refractivity contribution < 1.29 is 24.0 Å². The second kappa shape index (κ2) is 20.7. The average Bonchev–Trinajstić information content (AvgIpc) is 3.82. The molecule has 296 valence electrons. The molecular formula is C40H50N10O5S. The lowest BCUT2D eigenvalue weighted by atomic mass is 10.1. The highest BCUT2D eigenvalue weighted by molar-refractivity contribution is 7.80. The summed E-state index contributed by atoms with van der Waals surface area (Å²) in [6.07, 6.45) is 8.55. The van der Waals surface area contributed by atoms with Crippen LogP contribution in [0.15, 0.2) is 85.5 Å². The molecule has 3 aromatic heterocycles. The number of nitrogens with two attached hydrogens (primary N) is 2. The van der Waals surface area contributed by atoms with Gasteiger partial charge in [0.2, 0.25) is 23.6 Å². The third-order valence-electron chi connectivity index (χ3n) is 9.49. The number of nitrogens with one attached hydrogen (secondary N) is 4. The van der Waals surface area contributed by atoms with Gasteiger partial charge >= 0.3 is 6.03 Å². The Morgan fingerprint density at radius 1 is 0.750 bits per heavy atom. The topological polar surface area (TPSA) is 216 Å². The quantitative estimate of drug-likeness (QED) is 0.0435. The number of thiol groups is 1.